The molecule has 1 atom stereocenters. The van der Waals surface area contributed by atoms with Gasteiger partial charge in [0.15, 0.2) is 0 Å². The molecule has 120 valence electrons. The van der Waals surface area contributed by atoms with Crippen molar-refractivity contribution in [2.75, 3.05) is 31.7 Å². The average molecular weight is 298 g/mol. The van der Waals surface area contributed by atoms with Gasteiger partial charge in [-0.15, -0.1) is 4.98 Å². The molecule has 7 heteroatoms. The molecule has 7 nitrogen and oxygen atoms in total. The van der Waals surface area contributed by atoms with Gasteiger partial charge in [-0.3, -0.25) is 0 Å². The van der Waals surface area contributed by atoms with Crippen LogP contribution in [0.1, 0.15) is 40.5 Å². The number of nitrogens with zero attached hydrogens (tertiary/aromatic N) is 3. The Hall–Kier alpha value is -1.63. The van der Waals surface area contributed by atoms with Crippen molar-refractivity contribution in [3.05, 3.63) is 0 Å². The Morgan fingerprint density at radius 3 is 2.48 bits per heavy atom. The first-order chi connectivity index (χ1) is 10.2. The summed E-state index contributed by atoms with van der Waals surface area (Å²) in [5, 5.41) is 3.11. The van der Waals surface area contributed by atoms with Crippen LogP contribution in [0, 0.1) is 0 Å². The topological polar surface area (TPSA) is 78.4 Å². The van der Waals surface area contributed by atoms with Crippen molar-refractivity contribution in [1.29, 1.82) is 0 Å². The van der Waals surface area contributed by atoms with Crippen LogP contribution >= 0.6 is 0 Å². The predicted molar refractivity (Wildman–Crippen MR) is 81.0 cm³/mol. The zero-order valence-corrected chi connectivity index (χ0v) is 13.4. The molecule has 0 aliphatic heterocycles. The lowest BCUT2D eigenvalue weighted by Crippen LogP contribution is -2.21. The molecule has 0 saturated carbocycles. The lowest BCUT2D eigenvalue weighted by Gasteiger charge is -2.14. The first kappa shape index (κ1) is 17.4. The second-order valence-corrected chi connectivity index (χ2v) is 4.59. The maximum atomic E-state index is 5.65. The standard InChI is InChI=1S/C14H26N4O3/c1-5-8-15-12-16-13(20-9-6-2)18-14(17-12)21-11(4)10-19-7-3/h11H,5-10H2,1-4H3,(H,15,16,17,18). The van der Waals surface area contributed by atoms with E-state index in [1.807, 2.05) is 20.8 Å². The number of rotatable bonds is 11. The van der Waals surface area contributed by atoms with Gasteiger partial charge in [0.2, 0.25) is 5.95 Å². The Balaban J connectivity index is 2.74. The number of ether oxygens (including phenoxy) is 3. The fourth-order valence-corrected chi connectivity index (χ4v) is 1.46. The van der Waals surface area contributed by atoms with Crippen LogP contribution in [0.15, 0.2) is 0 Å². The summed E-state index contributed by atoms with van der Waals surface area (Å²) in [6.45, 7) is 10.4. The van der Waals surface area contributed by atoms with Gasteiger partial charge in [0.05, 0.1) is 13.2 Å². The van der Waals surface area contributed by atoms with E-state index in [2.05, 4.69) is 27.2 Å². The number of aromatic nitrogens is 3. The maximum Gasteiger partial charge on any atom is 0.324 e. The maximum absolute atomic E-state index is 5.65. The fraction of sp³-hybridized carbons (Fsp3) is 0.786. The SMILES string of the molecule is CCCNc1nc(OCCC)nc(OC(C)COCC)n1. The van der Waals surface area contributed by atoms with Crippen LogP contribution in [0.5, 0.6) is 12.0 Å². The van der Waals surface area contributed by atoms with Crippen molar-refractivity contribution in [2.24, 2.45) is 0 Å². The van der Waals surface area contributed by atoms with Crippen LogP contribution < -0.4 is 14.8 Å². The summed E-state index contributed by atoms with van der Waals surface area (Å²) in [6.07, 6.45) is 1.74. The molecule has 1 aromatic heterocycles. The molecule has 21 heavy (non-hydrogen) atoms. The molecule has 1 aromatic rings. The van der Waals surface area contributed by atoms with Crippen LogP contribution in [-0.2, 0) is 4.74 Å². The van der Waals surface area contributed by atoms with E-state index in [0.717, 1.165) is 19.4 Å². The van der Waals surface area contributed by atoms with Crippen LogP contribution in [0.3, 0.4) is 0 Å². The first-order valence-corrected chi connectivity index (χ1v) is 7.56. The summed E-state index contributed by atoms with van der Waals surface area (Å²) >= 11 is 0. The highest BCUT2D eigenvalue weighted by Crippen LogP contribution is 2.14. The van der Waals surface area contributed by atoms with E-state index in [4.69, 9.17) is 14.2 Å². The zero-order valence-electron chi connectivity index (χ0n) is 13.4. The lowest BCUT2D eigenvalue weighted by molar-refractivity contribution is 0.0601. The Morgan fingerprint density at radius 2 is 1.81 bits per heavy atom. The fourth-order valence-electron chi connectivity index (χ4n) is 1.46. The minimum absolute atomic E-state index is 0.134. The molecule has 1 N–H and O–H groups in total. The van der Waals surface area contributed by atoms with Crippen molar-refractivity contribution in [3.8, 4) is 12.0 Å². The lowest BCUT2D eigenvalue weighted by atomic mass is 10.4. The van der Waals surface area contributed by atoms with Crippen LogP contribution in [0.4, 0.5) is 5.95 Å². The zero-order chi connectivity index (χ0) is 15.5. The van der Waals surface area contributed by atoms with Crippen LogP contribution in [0.25, 0.3) is 0 Å². The smallest absolute Gasteiger partial charge is 0.324 e. The molecule has 0 radical (unpaired) electrons. The van der Waals surface area contributed by atoms with Gasteiger partial charge in [0.25, 0.3) is 0 Å². The molecule has 0 aromatic carbocycles. The first-order valence-electron chi connectivity index (χ1n) is 7.56. The van der Waals surface area contributed by atoms with E-state index in [9.17, 15) is 0 Å². The van der Waals surface area contributed by atoms with E-state index in [1.54, 1.807) is 0 Å². The van der Waals surface area contributed by atoms with Crippen molar-refractivity contribution in [1.82, 2.24) is 15.0 Å². The van der Waals surface area contributed by atoms with Crippen molar-refractivity contribution in [3.63, 3.8) is 0 Å². The van der Waals surface area contributed by atoms with Crippen LogP contribution in [-0.4, -0.2) is 47.4 Å². The quantitative estimate of drug-likeness (QED) is 0.671. The highest BCUT2D eigenvalue weighted by atomic mass is 16.5. The van der Waals surface area contributed by atoms with Crippen LogP contribution in [0.2, 0.25) is 0 Å². The molecule has 1 rings (SSSR count). The molecule has 1 heterocycles. The van der Waals surface area contributed by atoms with E-state index in [0.29, 0.717) is 25.8 Å². The Morgan fingerprint density at radius 1 is 1.05 bits per heavy atom. The second-order valence-electron chi connectivity index (χ2n) is 4.59. The van der Waals surface area contributed by atoms with Gasteiger partial charge in [0.1, 0.15) is 6.10 Å². The summed E-state index contributed by atoms with van der Waals surface area (Å²) < 4.78 is 16.4. The normalized spacial score (nSPS) is 12.0. The number of hydrogen-bond acceptors (Lipinski definition) is 7. The van der Waals surface area contributed by atoms with Gasteiger partial charge in [-0.1, -0.05) is 13.8 Å². The average Bonchev–Trinajstić information content (AvgIpc) is 2.48. The number of nitrogens with one attached hydrogen (secondary N) is 1. The molecule has 0 spiro atoms. The molecule has 0 aliphatic rings. The highest BCUT2D eigenvalue weighted by molar-refractivity contribution is 5.27. The molecular formula is C14H26N4O3. The third kappa shape index (κ3) is 7.08. The molecule has 0 bridgehead atoms. The molecular weight excluding hydrogens is 272 g/mol. The van der Waals surface area contributed by atoms with E-state index in [-0.39, 0.29) is 18.1 Å². The third-order valence-corrected chi connectivity index (χ3v) is 2.43. The van der Waals surface area contributed by atoms with E-state index < -0.39 is 0 Å². The van der Waals surface area contributed by atoms with Gasteiger partial charge >= 0.3 is 12.0 Å². The summed E-state index contributed by atoms with van der Waals surface area (Å²) in [5.41, 5.74) is 0. The monoisotopic (exact) mass is 298 g/mol. The van der Waals surface area contributed by atoms with Gasteiger partial charge in [-0.2, -0.15) is 9.97 Å². The molecule has 0 aliphatic carbocycles. The molecule has 1 unspecified atom stereocenters. The largest absolute Gasteiger partial charge is 0.463 e. The van der Waals surface area contributed by atoms with E-state index >= 15 is 0 Å². The Kier molecular flexibility index (Phi) is 8.42. The third-order valence-electron chi connectivity index (χ3n) is 2.43. The summed E-state index contributed by atoms with van der Waals surface area (Å²) in [4.78, 5) is 12.6. The molecule has 0 saturated heterocycles. The van der Waals surface area contributed by atoms with Gasteiger partial charge in [-0.25, -0.2) is 0 Å². The highest BCUT2D eigenvalue weighted by Gasteiger charge is 2.11. The summed E-state index contributed by atoms with van der Waals surface area (Å²) in [7, 11) is 0. The Bertz CT molecular complexity index is 378. The van der Waals surface area contributed by atoms with Crippen molar-refractivity contribution in [2.45, 2.75) is 46.6 Å². The van der Waals surface area contributed by atoms with Gasteiger partial charge in [0, 0.05) is 13.2 Å². The number of hydrogen-bond donors (Lipinski definition) is 1. The molecule has 0 fully saturated rings. The van der Waals surface area contributed by atoms with Crippen molar-refractivity contribution < 1.29 is 14.2 Å². The van der Waals surface area contributed by atoms with Crippen molar-refractivity contribution >= 4 is 5.95 Å². The summed E-state index contributed by atoms with van der Waals surface area (Å²) in [5.74, 6) is 0.469. The minimum atomic E-state index is -0.134. The predicted octanol–water partition coefficient (Wildman–Crippen LogP) is 2.29. The molecule has 0 amide bonds. The second kappa shape index (κ2) is 10.1. The summed E-state index contributed by atoms with van der Waals surface area (Å²) in [6, 6.07) is 0.533. The Labute approximate surface area is 126 Å². The number of anilines is 1. The van der Waals surface area contributed by atoms with E-state index in [1.165, 1.54) is 0 Å². The minimum Gasteiger partial charge on any atom is -0.463 e. The van der Waals surface area contributed by atoms with Gasteiger partial charge in [-0.05, 0) is 26.7 Å². The van der Waals surface area contributed by atoms with Gasteiger partial charge < -0.3 is 19.5 Å².